The Kier molecular flexibility index (Phi) is 7.59. The van der Waals surface area contributed by atoms with Crippen molar-refractivity contribution in [3.63, 3.8) is 0 Å². The number of methoxy groups -OCH3 is 1. The number of ether oxygens (including phenoxy) is 1. The number of nitrogens with one attached hydrogen (secondary N) is 2. The summed E-state index contributed by atoms with van der Waals surface area (Å²) in [5, 5.41) is 9.86. The van der Waals surface area contributed by atoms with E-state index >= 15 is 0 Å². The molecule has 0 fully saturated rings. The normalized spacial score (nSPS) is 10.6. The van der Waals surface area contributed by atoms with Crippen LogP contribution in [-0.2, 0) is 17.8 Å². The lowest BCUT2D eigenvalue weighted by Crippen LogP contribution is -2.27. The number of benzene rings is 1. The molecule has 7 nitrogen and oxygen atoms in total. The number of hydrogen-bond acceptors (Lipinski definition) is 5. The highest BCUT2D eigenvalue weighted by Crippen LogP contribution is 2.17. The second-order valence-corrected chi connectivity index (χ2v) is 6.46. The van der Waals surface area contributed by atoms with Crippen molar-refractivity contribution in [1.82, 2.24) is 20.1 Å². The summed E-state index contributed by atoms with van der Waals surface area (Å²) in [5.41, 5.74) is 0.825. The molecule has 0 aliphatic rings. The van der Waals surface area contributed by atoms with Gasteiger partial charge in [0, 0.05) is 13.1 Å². The topological polar surface area (TPSA) is 89.0 Å². The zero-order valence-corrected chi connectivity index (χ0v) is 15.4. The van der Waals surface area contributed by atoms with Gasteiger partial charge in [0.15, 0.2) is 5.16 Å². The van der Waals surface area contributed by atoms with Crippen molar-refractivity contribution in [3.05, 3.63) is 40.3 Å². The van der Waals surface area contributed by atoms with E-state index < -0.39 is 0 Å². The van der Waals surface area contributed by atoms with E-state index in [-0.39, 0.29) is 17.3 Å². The van der Waals surface area contributed by atoms with E-state index in [2.05, 4.69) is 22.4 Å². The number of aromatic nitrogens is 3. The van der Waals surface area contributed by atoms with Crippen LogP contribution in [0.25, 0.3) is 0 Å². The maximum absolute atomic E-state index is 12.0. The monoisotopic (exact) mass is 364 g/mol. The second-order valence-electron chi connectivity index (χ2n) is 5.52. The number of hydrogen-bond donors (Lipinski definition) is 2. The molecule has 2 N–H and O–H groups in total. The second kappa shape index (κ2) is 9.93. The number of unbranched alkanes of at least 4 members (excludes halogenated alkanes) is 1. The first-order valence-electron chi connectivity index (χ1n) is 8.32. The standard InChI is InChI=1S/C17H24N4O3S/c1-3-4-11-21-16(23)19-20-17(21)25-12-15(22)18-10-9-13-7-5-6-8-14(13)24-2/h5-8H,3-4,9-12H2,1-2H3,(H,18,22)(H,19,23). The number of carbonyl (C=O) groups excluding carboxylic acids is 1. The average Bonchev–Trinajstić information content (AvgIpc) is 2.98. The molecule has 25 heavy (non-hydrogen) atoms. The number of amides is 1. The van der Waals surface area contributed by atoms with Crippen molar-refractivity contribution in [2.75, 3.05) is 19.4 Å². The molecule has 1 heterocycles. The van der Waals surface area contributed by atoms with Crippen molar-refractivity contribution in [1.29, 1.82) is 0 Å². The van der Waals surface area contributed by atoms with Crippen LogP contribution in [0.1, 0.15) is 25.3 Å². The fourth-order valence-electron chi connectivity index (χ4n) is 2.35. The summed E-state index contributed by atoms with van der Waals surface area (Å²) in [6, 6.07) is 7.75. The van der Waals surface area contributed by atoms with Gasteiger partial charge in [-0.1, -0.05) is 43.3 Å². The van der Waals surface area contributed by atoms with Gasteiger partial charge in [-0.05, 0) is 24.5 Å². The van der Waals surface area contributed by atoms with Crippen molar-refractivity contribution in [2.45, 2.75) is 37.9 Å². The van der Waals surface area contributed by atoms with Crippen molar-refractivity contribution in [3.8, 4) is 5.75 Å². The van der Waals surface area contributed by atoms with Crippen LogP contribution in [0.4, 0.5) is 0 Å². The number of nitrogens with zero attached hydrogens (tertiary/aromatic N) is 2. The van der Waals surface area contributed by atoms with Gasteiger partial charge < -0.3 is 10.1 Å². The Bertz CT molecular complexity index is 741. The summed E-state index contributed by atoms with van der Waals surface area (Å²) < 4.78 is 6.87. The smallest absolute Gasteiger partial charge is 0.343 e. The quantitative estimate of drug-likeness (QED) is 0.628. The molecule has 8 heteroatoms. The Morgan fingerprint density at radius 1 is 1.40 bits per heavy atom. The third-order valence-electron chi connectivity index (χ3n) is 3.70. The Morgan fingerprint density at radius 3 is 2.96 bits per heavy atom. The molecule has 1 aromatic carbocycles. The van der Waals surface area contributed by atoms with E-state index in [0.717, 1.165) is 24.2 Å². The molecule has 0 radical (unpaired) electrons. The average molecular weight is 364 g/mol. The van der Waals surface area contributed by atoms with Gasteiger partial charge in [-0.25, -0.2) is 9.89 Å². The zero-order valence-electron chi connectivity index (χ0n) is 14.6. The minimum absolute atomic E-state index is 0.0858. The van der Waals surface area contributed by atoms with Gasteiger partial charge in [-0.15, -0.1) is 5.10 Å². The third-order valence-corrected chi connectivity index (χ3v) is 4.68. The van der Waals surface area contributed by atoms with Gasteiger partial charge in [-0.2, -0.15) is 0 Å². The van der Waals surface area contributed by atoms with E-state index in [9.17, 15) is 9.59 Å². The van der Waals surface area contributed by atoms with Gasteiger partial charge >= 0.3 is 5.69 Å². The Hall–Kier alpha value is -2.22. The number of carbonyl (C=O) groups is 1. The molecular weight excluding hydrogens is 340 g/mol. The predicted octanol–water partition coefficient (Wildman–Crippen LogP) is 1.83. The first-order chi connectivity index (χ1) is 12.2. The van der Waals surface area contributed by atoms with Crippen LogP contribution in [-0.4, -0.2) is 40.1 Å². The highest BCUT2D eigenvalue weighted by molar-refractivity contribution is 7.99. The van der Waals surface area contributed by atoms with Crippen molar-refractivity contribution < 1.29 is 9.53 Å². The minimum atomic E-state index is -0.229. The van der Waals surface area contributed by atoms with Crippen LogP contribution in [0.5, 0.6) is 5.75 Å². The summed E-state index contributed by atoms with van der Waals surface area (Å²) in [6.45, 7) is 3.21. The highest BCUT2D eigenvalue weighted by Gasteiger charge is 2.11. The molecule has 0 saturated heterocycles. The summed E-state index contributed by atoms with van der Waals surface area (Å²) in [7, 11) is 1.63. The summed E-state index contributed by atoms with van der Waals surface area (Å²) in [6.07, 6.45) is 2.59. The molecule has 136 valence electrons. The number of H-pyrrole nitrogens is 1. The summed E-state index contributed by atoms with van der Waals surface area (Å²) in [4.78, 5) is 23.7. The Labute approximate surface area is 151 Å². The molecule has 2 rings (SSSR count). The van der Waals surface area contributed by atoms with Gasteiger partial charge in [0.1, 0.15) is 5.75 Å². The van der Waals surface area contributed by atoms with Crippen LogP contribution in [0.3, 0.4) is 0 Å². The zero-order chi connectivity index (χ0) is 18.1. The number of rotatable bonds is 10. The molecular formula is C17H24N4O3S. The minimum Gasteiger partial charge on any atom is -0.496 e. The Morgan fingerprint density at radius 2 is 2.20 bits per heavy atom. The van der Waals surface area contributed by atoms with Crippen molar-refractivity contribution in [2.24, 2.45) is 0 Å². The fraction of sp³-hybridized carbons (Fsp3) is 0.471. The molecule has 0 aliphatic heterocycles. The maximum atomic E-state index is 12.0. The lowest BCUT2D eigenvalue weighted by atomic mass is 10.1. The fourth-order valence-corrected chi connectivity index (χ4v) is 3.16. The van der Waals surface area contributed by atoms with E-state index in [1.54, 1.807) is 11.7 Å². The molecule has 0 atom stereocenters. The number of thioether (sulfide) groups is 1. The van der Waals surface area contributed by atoms with Crippen LogP contribution >= 0.6 is 11.8 Å². The number of para-hydroxylation sites is 1. The first-order valence-corrected chi connectivity index (χ1v) is 9.30. The van der Waals surface area contributed by atoms with Crippen LogP contribution in [0, 0.1) is 0 Å². The van der Waals surface area contributed by atoms with E-state index in [4.69, 9.17) is 4.74 Å². The number of aromatic amines is 1. The molecule has 0 unspecified atom stereocenters. The lowest BCUT2D eigenvalue weighted by molar-refractivity contribution is -0.118. The lowest BCUT2D eigenvalue weighted by Gasteiger charge is -2.09. The van der Waals surface area contributed by atoms with Gasteiger partial charge in [0.25, 0.3) is 0 Å². The molecule has 2 aromatic rings. The third kappa shape index (κ3) is 5.67. The Balaban J connectivity index is 1.79. The van der Waals surface area contributed by atoms with Gasteiger partial charge in [0.05, 0.1) is 12.9 Å². The molecule has 0 saturated carbocycles. The van der Waals surface area contributed by atoms with Crippen molar-refractivity contribution >= 4 is 17.7 Å². The van der Waals surface area contributed by atoms with E-state index in [0.29, 0.717) is 24.7 Å². The first kappa shape index (κ1) is 19.1. The van der Waals surface area contributed by atoms with Crippen LogP contribution in [0.2, 0.25) is 0 Å². The largest absolute Gasteiger partial charge is 0.496 e. The molecule has 0 aliphatic carbocycles. The maximum Gasteiger partial charge on any atom is 0.343 e. The predicted molar refractivity (Wildman–Crippen MR) is 98.2 cm³/mol. The summed E-state index contributed by atoms with van der Waals surface area (Å²) in [5.74, 6) is 0.961. The highest BCUT2D eigenvalue weighted by atomic mass is 32.2. The molecule has 1 aromatic heterocycles. The summed E-state index contributed by atoms with van der Waals surface area (Å²) >= 11 is 1.26. The van der Waals surface area contributed by atoms with E-state index in [1.807, 2.05) is 24.3 Å². The van der Waals surface area contributed by atoms with Gasteiger partial charge in [-0.3, -0.25) is 9.36 Å². The SMILES string of the molecule is CCCCn1c(SCC(=O)NCCc2ccccc2OC)n[nH]c1=O. The van der Waals surface area contributed by atoms with Gasteiger partial charge in [0.2, 0.25) is 5.91 Å². The molecule has 0 bridgehead atoms. The van der Waals surface area contributed by atoms with E-state index in [1.165, 1.54) is 11.8 Å². The molecule has 0 spiro atoms. The van der Waals surface area contributed by atoms with Crippen LogP contribution in [0.15, 0.2) is 34.2 Å². The van der Waals surface area contributed by atoms with Crippen LogP contribution < -0.4 is 15.7 Å². The molecule has 1 amide bonds.